The fraction of sp³-hybridized carbons (Fsp3) is 0.706. The summed E-state index contributed by atoms with van der Waals surface area (Å²) >= 11 is 1.54. The highest BCUT2D eigenvalue weighted by Gasteiger charge is 2.69. The molecule has 0 aromatic carbocycles. The minimum atomic E-state index is -0.901. The molecule has 0 spiro atoms. The highest BCUT2D eigenvalue weighted by molar-refractivity contribution is 8.00. The number of nitrogens with zero attached hydrogens (tertiary/aromatic N) is 1. The van der Waals surface area contributed by atoms with Gasteiger partial charge in [-0.05, 0) is 43.4 Å². The standard InChI is InChI=1S/C17H21NO4S/c1-22-16(21)17-9-5-6-11(17)13(20)14(23-2)10-4-3-7-18(15(10)17)12(19)8-9/h9,11,14H,3-8H2,1-2H3/t9-,11+,14-,17-/m1/s1. The van der Waals surface area contributed by atoms with E-state index in [9.17, 15) is 14.4 Å². The van der Waals surface area contributed by atoms with Gasteiger partial charge in [0, 0.05) is 24.6 Å². The Morgan fingerprint density at radius 3 is 2.83 bits per heavy atom. The molecule has 2 heterocycles. The number of hydrogen-bond donors (Lipinski definition) is 0. The molecule has 23 heavy (non-hydrogen) atoms. The molecule has 4 atom stereocenters. The van der Waals surface area contributed by atoms with Crippen LogP contribution in [-0.2, 0) is 19.1 Å². The van der Waals surface area contributed by atoms with Gasteiger partial charge < -0.3 is 9.64 Å². The monoisotopic (exact) mass is 335 g/mol. The molecule has 124 valence electrons. The molecule has 4 aliphatic rings. The second-order valence-electron chi connectivity index (χ2n) is 6.93. The number of carbonyl (C=O) groups is 3. The third-order valence-electron chi connectivity index (χ3n) is 6.19. The Kier molecular flexibility index (Phi) is 3.38. The number of amides is 1. The number of hydrogen-bond acceptors (Lipinski definition) is 5. The van der Waals surface area contributed by atoms with Crippen LogP contribution in [-0.4, -0.2) is 47.7 Å². The first-order chi connectivity index (χ1) is 11.1. The molecule has 0 aromatic rings. The van der Waals surface area contributed by atoms with E-state index in [1.165, 1.54) is 18.9 Å². The van der Waals surface area contributed by atoms with Gasteiger partial charge in [-0.1, -0.05) is 0 Å². The summed E-state index contributed by atoms with van der Waals surface area (Å²) in [5.74, 6) is -0.454. The second-order valence-corrected chi connectivity index (χ2v) is 7.88. The SMILES string of the molecule is COC(=O)[C@]12C3=C4CCCN3C(=O)C[C@H]1CC[C@H]2C(=O)[C@@H]4SC. The zero-order valence-corrected chi connectivity index (χ0v) is 14.3. The number of rotatable bonds is 2. The van der Waals surface area contributed by atoms with Crippen LogP contribution in [0.4, 0.5) is 0 Å². The van der Waals surface area contributed by atoms with Crippen LogP contribution in [0.15, 0.2) is 11.3 Å². The molecule has 0 aromatic heterocycles. The lowest BCUT2D eigenvalue weighted by Gasteiger charge is -2.53. The minimum absolute atomic E-state index is 0.0847. The Morgan fingerprint density at radius 1 is 1.35 bits per heavy atom. The maximum Gasteiger partial charge on any atom is 0.318 e. The quantitative estimate of drug-likeness (QED) is 0.720. The first kappa shape index (κ1) is 15.2. The van der Waals surface area contributed by atoms with Crippen molar-refractivity contribution >= 4 is 29.4 Å². The van der Waals surface area contributed by atoms with Crippen LogP contribution in [0.1, 0.15) is 32.1 Å². The highest BCUT2D eigenvalue weighted by atomic mass is 32.2. The number of Topliss-reactive ketones (excluding diaryl/α,β-unsaturated/α-hetero) is 1. The third-order valence-corrected chi connectivity index (χ3v) is 7.18. The summed E-state index contributed by atoms with van der Waals surface area (Å²) in [5, 5.41) is -0.208. The first-order valence-corrected chi connectivity index (χ1v) is 9.55. The average Bonchev–Trinajstić information content (AvgIpc) is 2.95. The molecule has 6 heteroatoms. The van der Waals surface area contributed by atoms with Crippen LogP contribution in [0.5, 0.6) is 0 Å². The van der Waals surface area contributed by atoms with E-state index in [1.807, 2.05) is 6.26 Å². The Morgan fingerprint density at radius 2 is 2.13 bits per heavy atom. The van der Waals surface area contributed by atoms with Crippen molar-refractivity contribution in [1.29, 1.82) is 0 Å². The Balaban J connectivity index is 2.02. The van der Waals surface area contributed by atoms with Crippen LogP contribution in [0, 0.1) is 17.3 Å². The molecule has 1 saturated heterocycles. The van der Waals surface area contributed by atoms with Crippen molar-refractivity contribution in [3.63, 3.8) is 0 Å². The lowest BCUT2D eigenvalue weighted by atomic mass is 9.59. The number of ether oxygens (including phenoxy) is 1. The van der Waals surface area contributed by atoms with Crippen molar-refractivity contribution in [1.82, 2.24) is 4.90 Å². The van der Waals surface area contributed by atoms with E-state index in [4.69, 9.17) is 4.74 Å². The number of thioether (sulfide) groups is 1. The van der Waals surface area contributed by atoms with Crippen LogP contribution in [0.25, 0.3) is 0 Å². The summed E-state index contributed by atoms with van der Waals surface area (Å²) in [6, 6.07) is 0. The average molecular weight is 335 g/mol. The van der Waals surface area contributed by atoms with Crippen molar-refractivity contribution in [3.8, 4) is 0 Å². The normalized spacial score (nSPS) is 38.7. The molecule has 1 saturated carbocycles. The van der Waals surface area contributed by atoms with Crippen LogP contribution in [0.2, 0.25) is 0 Å². The van der Waals surface area contributed by atoms with Gasteiger partial charge in [-0.2, -0.15) is 0 Å². The fourth-order valence-electron chi connectivity index (χ4n) is 5.43. The van der Waals surface area contributed by atoms with E-state index in [1.54, 1.807) is 4.90 Å². The summed E-state index contributed by atoms with van der Waals surface area (Å²) in [6.07, 6.45) is 5.41. The number of esters is 1. The molecule has 0 N–H and O–H groups in total. The third kappa shape index (κ3) is 1.68. The van der Waals surface area contributed by atoms with Gasteiger partial charge in [-0.25, -0.2) is 0 Å². The maximum atomic E-state index is 13.1. The fourth-order valence-corrected chi connectivity index (χ4v) is 6.34. The smallest absolute Gasteiger partial charge is 0.318 e. The zero-order chi connectivity index (χ0) is 16.4. The van der Waals surface area contributed by atoms with Crippen molar-refractivity contribution in [2.75, 3.05) is 19.9 Å². The second kappa shape index (κ2) is 5.10. The summed E-state index contributed by atoms with van der Waals surface area (Å²) in [5.41, 5.74) is 0.954. The van der Waals surface area contributed by atoms with Gasteiger partial charge in [0.2, 0.25) is 5.91 Å². The summed E-state index contributed by atoms with van der Waals surface area (Å²) < 4.78 is 5.18. The Labute approximate surface area is 139 Å². The molecule has 0 bridgehead atoms. The van der Waals surface area contributed by atoms with Gasteiger partial charge in [-0.15, -0.1) is 11.8 Å². The molecule has 0 unspecified atom stereocenters. The van der Waals surface area contributed by atoms with Crippen molar-refractivity contribution in [2.24, 2.45) is 17.3 Å². The lowest BCUT2D eigenvalue weighted by molar-refractivity contribution is -0.165. The van der Waals surface area contributed by atoms with Crippen LogP contribution >= 0.6 is 11.8 Å². The summed E-state index contributed by atoms with van der Waals surface area (Å²) in [6.45, 7) is 0.658. The van der Waals surface area contributed by atoms with Crippen LogP contribution in [0.3, 0.4) is 0 Å². The first-order valence-electron chi connectivity index (χ1n) is 8.26. The van der Waals surface area contributed by atoms with E-state index < -0.39 is 5.41 Å². The maximum absolute atomic E-state index is 13.1. The summed E-state index contributed by atoms with van der Waals surface area (Å²) in [7, 11) is 1.39. The lowest BCUT2D eigenvalue weighted by Crippen LogP contribution is -2.61. The molecule has 5 nitrogen and oxygen atoms in total. The minimum Gasteiger partial charge on any atom is -0.468 e. The topological polar surface area (TPSA) is 63.7 Å². The van der Waals surface area contributed by atoms with Gasteiger partial charge in [-0.3, -0.25) is 14.4 Å². The van der Waals surface area contributed by atoms with Gasteiger partial charge >= 0.3 is 5.97 Å². The van der Waals surface area contributed by atoms with E-state index in [0.717, 1.165) is 30.5 Å². The summed E-state index contributed by atoms with van der Waals surface area (Å²) in [4.78, 5) is 40.4. The van der Waals surface area contributed by atoms with Gasteiger partial charge in [0.05, 0.1) is 12.4 Å². The predicted molar refractivity (Wildman–Crippen MR) is 85.6 cm³/mol. The molecule has 2 aliphatic heterocycles. The molecule has 0 radical (unpaired) electrons. The van der Waals surface area contributed by atoms with Crippen molar-refractivity contribution in [2.45, 2.75) is 37.4 Å². The highest BCUT2D eigenvalue weighted by Crippen LogP contribution is 2.63. The van der Waals surface area contributed by atoms with Gasteiger partial charge in [0.1, 0.15) is 5.41 Å². The largest absolute Gasteiger partial charge is 0.468 e. The van der Waals surface area contributed by atoms with Crippen molar-refractivity contribution < 1.29 is 19.1 Å². The number of piperidine rings is 1. The number of methoxy groups -OCH3 is 1. The van der Waals surface area contributed by atoms with Gasteiger partial charge in [0.25, 0.3) is 0 Å². The Bertz CT molecular complexity index is 643. The van der Waals surface area contributed by atoms with E-state index in [2.05, 4.69) is 0 Å². The number of ketones is 1. The van der Waals surface area contributed by atoms with Gasteiger partial charge in [0.15, 0.2) is 5.78 Å². The van der Waals surface area contributed by atoms with Crippen LogP contribution < -0.4 is 0 Å². The molecular formula is C17H21NO4S. The van der Waals surface area contributed by atoms with Crippen molar-refractivity contribution in [3.05, 3.63) is 11.3 Å². The zero-order valence-electron chi connectivity index (χ0n) is 13.5. The van der Waals surface area contributed by atoms with E-state index >= 15 is 0 Å². The number of carbonyl (C=O) groups excluding carboxylic acids is 3. The molecule has 1 amide bonds. The predicted octanol–water partition coefficient (Wildman–Crippen LogP) is 1.77. The Hall–Kier alpha value is -1.30. The molecule has 2 fully saturated rings. The molecule has 4 rings (SSSR count). The molecular weight excluding hydrogens is 314 g/mol. The molecule has 2 aliphatic carbocycles. The van der Waals surface area contributed by atoms with E-state index in [-0.39, 0.29) is 34.7 Å². The van der Waals surface area contributed by atoms with E-state index in [0.29, 0.717) is 19.4 Å².